The molecule has 3 aromatic rings. The van der Waals surface area contributed by atoms with Gasteiger partial charge in [0.25, 0.3) is 0 Å². The highest BCUT2D eigenvalue weighted by atomic mass is 19.1. The Morgan fingerprint density at radius 2 is 2.02 bits per heavy atom. The third-order valence-electron chi connectivity index (χ3n) is 9.05. The van der Waals surface area contributed by atoms with Gasteiger partial charge in [-0.15, -0.1) is 0 Å². The Morgan fingerprint density at radius 1 is 1.18 bits per heavy atom. The van der Waals surface area contributed by atoms with E-state index in [-0.39, 0.29) is 36.5 Å². The van der Waals surface area contributed by atoms with Crippen LogP contribution in [-0.4, -0.2) is 64.3 Å². The monoisotopic (exact) mass is 616 g/mol. The third kappa shape index (κ3) is 6.35. The molecule has 45 heavy (non-hydrogen) atoms. The van der Waals surface area contributed by atoms with Crippen LogP contribution in [0.5, 0.6) is 0 Å². The summed E-state index contributed by atoms with van der Waals surface area (Å²) in [5.74, 6) is -0.356. The van der Waals surface area contributed by atoms with Crippen LogP contribution in [0.1, 0.15) is 74.2 Å². The predicted molar refractivity (Wildman–Crippen MR) is 173 cm³/mol. The number of halogens is 1. The lowest BCUT2D eigenvalue weighted by Gasteiger charge is -2.37. The number of aromatic nitrogens is 2. The topological polar surface area (TPSA) is 100 Å². The first kappa shape index (κ1) is 30.9. The predicted octanol–water partition coefficient (Wildman–Crippen LogP) is 6.59. The van der Waals surface area contributed by atoms with E-state index in [9.17, 15) is 15.0 Å². The molecule has 0 radical (unpaired) electrons. The number of imidazole rings is 1. The first-order valence-electron chi connectivity index (χ1n) is 15.8. The smallest absolute Gasteiger partial charge is 0.335 e. The van der Waals surface area contributed by atoms with Gasteiger partial charge >= 0.3 is 5.97 Å². The van der Waals surface area contributed by atoms with E-state index < -0.39 is 12.2 Å². The van der Waals surface area contributed by atoms with Crippen LogP contribution in [0, 0.1) is 0 Å². The summed E-state index contributed by atoms with van der Waals surface area (Å²) in [4.78, 5) is 20.7. The van der Waals surface area contributed by atoms with Crippen molar-refractivity contribution in [1.82, 2.24) is 9.55 Å². The molecule has 6 rings (SSSR count). The van der Waals surface area contributed by atoms with Crippen molar-refractivity contribution in [2.24, 2.45) is 0 Å². The Bertz CT molecular complexity index is 1680. The van der Waals surface area contributed by atoms with Crippen molar-refractivity contribution in [2.75, 3.05) is 36.1 Å². The molecule has 2 fully saturated rings. The molecule has 3 unspecified atom stereocenters. The number of anilines is 2. The zero-order chi connectivity index (χ0) is 31.7. The number of morpholine rings is 1. The van der Waals surface area contributed by atoms with Gasteiger partial charge in [0.05, 0.1) is 29.8 Å². The van der Waals surface area contributed by atoms with E-state index >= 15 is 4.39 Å². The highest BCUT2D eigenvalue weighted by Crippen LogP contribution is 2.35. The van der Waals surface area contributed by atoms with Gasteiger partial charge in [0.15, 0.2) is 0 Å². The fraction of sp³-hybridized carbons (Fsp3) is 0.429. The summed E-state index contributed by atoms with van der Waals surface area (Å²) in [7, 11) is 0. The molecule has 2 N–H and O–H groups in total. The van der Waals surface area contributed by atoms with Crippen LogP contribution in [0.15, 0.2) is 66.2 Å². The van der Waals surface area contributed by atoms with Crippen molar-refractivity contribution >= 4 is 34.0 Å². The van der Waals surface area contributed by atoms with E-state index in [0.717, 1.165) is 54.8 Å². The van der Waals surface area contributed by atoms with Gasteiger partial charge in [-0.2, -0.15) is 0 Å². The molecular formula is C35H41FN4O5. The van der Waals surface area contributed by atoms with Gasteiger partial charge < -0.3 is 34.1 Å². The van der Waals surface area contributed by atoms with Crippen LogP contribution in [0.25, 0.3) is 16.6 Å². The number of carboxylic acid groups (broad SMARTS) is 1. The number of carboxylic acids is 1. The average molecular weight is 617 g/mol. The van der Waals surface area contributed by atoms with Crippen molar-refractivity contribution in [2.45, 2.75) is 71.4 Å². The molecule has 0 spiro atoms. The fourth-order valence-corrected chi connectivity index (χ4v) is 6.45. The number of allylic oxidation sites excluding steroid dienone is 5. The molecule has 0 bridgehead atoms. The minimum atomic E-state index is -1.02. The van der Waals surface area contributed by atoms with E-state index in [1.165, 1.54) is 6.08 Å². The summed E-state index contributed by atoms with van der Waals surface area (Å²) in [6.07, 6.45) is 7.08. The molecule has 2 saturated heterocycles. The lowest BCUT2D eigenvalue weighted by atomic mass is 10.1. The zero-order valence-electron chi connectivity index (χ0n) is 26.1. The molecule has 1 aromatic heterocycles. The first-order chi connectivity index (χ1) is 21.7. The van der Waals surface area contributed by atoms with Gasteiger partial charge in [0, 0.05) is 60.2 Å². The second-order valence-corrected chi connectivity index (χ2v) is 12.1. The molecule has 0 saturated carbocycles. The van der Waals surface area contributed by atoms with E-state index in [4.69, 9.17) is 14.5 Å². The summed E-state index contributed by atoms with van der Waals surface area (Å²) in [5.41, 5.74) is 5.16. The molecule has 3 heterocycles. The molecule has 3 atom stereocenters. The number of aliphatic hydroxyl groups excluding tert-OH is 1. The number of carbonyl (C=O) groups is 1. The molecule has 9 nitrogen and oxygen atoms in total. The normalized spacial score (nSPS) is 21.3. The molecular weight excluding hydrogens is 575 g/mol. The van der Waals surface area contributed by atoms with Crippen molar-refractivity contribution in [3.63, 3.8) is 0 Å². The van der Waals surface area contributed by atoms with E-state index in [0.29, 0.717) is 35.9 Å². The largest absolute Gasteiger partial charge is 0.489 e. The zero-order valence-corrected chi connectivity index (χ0v) is 26.1. The van der Waals surface area contributed by atoms with Crippen molar-refractivity contribution in [1.29, 1.82) is 0 Å². The number of aliphatic hydroxyl groups is 1. The summed E-state index contributed by atoms with van der Waals surface area (Å²) in [6, 6.07) is 11.4. The van der Waals surface area contributed by atoms with Crippen LogP contribution in [0.3, 0.4) is 0 Å². The molecule has 0 amide bonds. The molecule has 2 aromatic carbocycles. The molecule has 1 aliphatic carbocycles. The van der Waals surface area contributed by atoms with Gasteiger partial charge in [0.2, 0.25) is 0 Å². The van der Waals surface area contributed by atoms with Gasteiger partial charge in [-0.1, -0.05) is 13.0 Å². The maximum atomic E-state index is 15.5. The number of rotatable bonds is 9. The second kappa shape index (κ2) is 13.1. The summed E-state index contributed by atoms with van der Waals surface area (Å²) >= 11 is 0. The van der Waals surface area contributed by atoms with Crippen LogP contribution in [0.2, 0.25) is 0 Å². The minimum absolute atomic E-state index is 0.0355. The van der Waals surface area contributed by atoms with E-state index in [2.05, 4.69) is 48.4 Å². The second-order valence-electron chi connectivity index (χ2n) is 12.1. The van der Waals surface area contributed by atoms with Gasteiger partial charge in [-0.05, 0) is 75.6 Å². The maximum absolute atomic E-state index is 15.5. The van der Waals surface area contributed by atoms with Crippen LogP contribution in [0.4, 0.5) is 15.8 Å². The van der Waals surface area contributed by atoms with Crippen molar-refractivity contribution < 1.29 is 28.9 Å². The highest BCUT2D eigenvalue weighted by molar-refractivity contribution is 5.93. The number of hydrogen-bond acceptors (Lipinski definition) is 7. The Kier molecular flexibility index (Phi) is 8.96. The van der Waals surface area contributed by atoms with E-state index in [1.807, 2.05) is 11.0 Å². The average Bonchev–Trinajstić information content (AvgIpc) is 3.58. The number of ether oxygens (including phenoxy) is 2. The Labute approximate surface area is 262 Å². The third-order valence-corrected chi connectivity index (χ3v) is 9.05. The molecule has 10 heteroatoms. The molecule has 3 aliphatic rings. The fourth-order valence-electron chi connectivity index (χ4n) is 6.45. The number of nitrogens with zero attached hydrogens (tertiary/aromatic N) is 4. The van der Waals surface area contributed by atoms with Crippen LogP contribution < -0.4 is 9.80 Å². The number of aromatic carboxylic acids is 1. The van der Waals surface area contributed by atoms with Gasteiger partial charge in [-0.25, -0.2) is 14.2 Å². The Balaban J connectivity index is 1.32. The minimum Gasteiger partial charge on any atom is -0.489 e. The van der Waals surface area contributed by atoms with Gasteiger partial charge in [-0.3, -0.25) is 0 Å². The lowest BCUT2D eigenvalue weighted by Crippen LogP contribution is -2.44. The molecule has 238 valence electrons. The summed E-state index contributed by atoms with van der Waals surface area (Å²) in [6.45, 7) is 9.34. The van der Waals surface area contributed by atoms with Crippen LogP contribution >= 0.6 is 0 Å². The van der Waals surface area contributed by atoms with Gasteiger partial charge in [0.1, 0.15) is 30.2 Å². The molecule has 2 aliphatic heterocycles. The Morgan fingerprint density at radius 3 is 2.76 bits per heavy atom. The SMILES string of the molecule is CCC(C)n1c(C2=CC=C(OCc3cc(N4CCCC4O)ccc3N3CCOCC3C)C=C(F)C2)nc2cc(C(=O)O)ccc21. The maximum Gasteiger partial charge on any atom is 0.335 e. The Hall–Kier alpha value is -4.15. The number of hydrogen-bond donors (Lipinski definition) is 2. The lowest BCUT2D eigenvalue weighted by molar-refractivity contribution is 0.0697. The quantitative estimate of drug-likeness (QED) is 0.278. The summed E-state index contributed by atoms with van der Waals surface area (Å²) < 4.78 is 29.5. The van der Waals surface area contributed by atoms with Crippen molar-refractivity contribution in [3.8, 4) is 0 Å². The van der Waals surface area contributed by atoms with Crippen LogP contribution in [-0.2, 0) is 16.1 Å². The first-order valence-corrected chi connectivity index (χ1v) is 15.8. The standard InChI is InChI=1S/C35H41FN4O5/c1-4-22(2)40-32-11-8-25(35(42)43)18-30(32)37-34(40)24-7-10-29(19-27(36)16-24)45-21-26-17-28(39-13-5-6-33(39)41)9-12-31(26)38-14-15-44-20-23(38)3/h7-12,17-19,22-23,33,41H,4-6,13-16,20-21H2,1-3H3,(H,42,43). The van der Waals surface area contributed by atoms with Crippen molar-refractivity contribution in [3.05, 3.63) is 83.2 Å². The number of benzene rings is 2. The highest BCUT2D eigenvalue weighted by Gasteiger charge is 2.26. The number of fused-ring (bicyclic) bond motifs is 1. The van der Waals surface area contributed by atoms with E-state index in [1.54, 1.807) is 24.3 Å². The summed E-state index contributed by atoms with van der Waals surface area (Å²) in [5, 5.41) is 20.0.